The summed E-state index contributed by atoms with van der Waals surface area (Å²) in [5, 5.41) is 6.15. The van der Waals surface area contributed by atoms with Crippen LogP contribution in [-0.2, 0) is 0 Å². The molecule has 1 amide bonds. The first-order chi connectivity index (χ1) is 8.26. The van der Waals surface area contributed by atoms with Crippen LogP contribution < -0.4 is 10.6 Å². The Morgan fingerprint density at radius 3 is 2.88 bits per heavy atom. The highest BCUT2D eigenvalue weighted by Gasteiger charge is 2.37. The van der Waals surface area contributed by atoms with Crippen molar-refractivity contribution in [1.82, 2.24) is 5.32 Å². The molecule has 0 aromatic heterocycles. The average molecular weight is 232 g/mol. The summed E-state index contributed by atoms with van der Waals surface area (Å²) in [5.41, 5.74) is 1.62. The number of benzene rings is 1. The summed E-state index contributed by atoms with van der Waals surface area (Å²) >= 11 is 0. The van der Waals surface area contributed by atoms with E-state index in [4.69, 9.17) is 0 Å². The molecule has 92 valence electrons. The first kappa shape index (κ1) is 12.0. The summed E-state index contributed by atoms with van der Waals surface area (Å²) in [6.07, 6.45) is 3.56. The summed E-state index contributed by atoms with van der Waals surface area (Å²) < 4.78 is 0. The molecule has 2 atom stereocenters. The number of anilines is 1. The number of carbonyl (C=O) groups is 1. The second-order valence-electron chi connectivity index (χ2n) is 4.66. The number of nitrogens with one attached hydrogen (secondary N) is 2. The van der Waals surface area contributed by atoms with Crippen LogP contribution in [0.5, 0.6) is 0 Å². The molecule has 1 aliphatic rings. The van der Waals surface area contributed by atoms with E-state index in [1.54, 1.807) is 0 Å². The molecular formula is C14H20N2O. The molecule has 3 nitrogen and oxygen atoms in total. The lowest BCUT2D eigenvalue weighted by atomic mass is 10.1. The Morgan fingerprint density at radius 2 is 2.18 bits per heavy atom. The van der Waals surface area contributed by atoms with Crippen molar-refractivity contribution >= 4 is 11.6 Å². The van der Waals surface area contributed by atoms with Crippen LogP contribution in [-0.4, -0.2) is 19.0 Å². The molecule has 0 spiro atoms. The summed E-state index contributed by atoms with van der Waals surface area (Å²) in [6.45, 7) is 2.19. The smallest absolute Gasteiger partial charge is 0.253 e. The van der Waals surface area contributed by atoms with Gasteiger partial charge in [0, 0.05) is 18.8 Å². The van der Waals surface area contributed by atoms with Crippen molar-refractivity contribution in [2.75, 3.05) is 12.4 Å². The third-order valence-corrected chi connectivity index (χ3v) is 3.34. The van der Waals surface area contributed by atoms with Crippen LogP contribution in [0.25, 0.3) is 0 Å². The molecule has 1 aliphatic carbocycles. The zero-order chi connectivity index (χ0) is 12.3. The summed E-state index contributed by atoms with van der Waals surface area (Å²) in [5.74, 6) is 0.740. The van der Waals surface area contributed by atoms with E-state index in [0.29, 0.717) is 12.0 Å². The van der Waals surface area contributed by atoms with Crippen molar-refractivity contribution < 1.29 is 4.79 Å². The fourth-order valence-electron chi connectivity index (χ4n) is 2.26. The van der Waals surface area contributed by atoms with Gasteiger partial charge in [0.05, 0.1) is 5.56 Å². The highest BCUT2D eigenvalue weighted by Crippen LogP contribution is 2.34. The van der Waals surface area contributed by atoms with Gasteiger partial charge in [0.25, 0.3) is 5.91 Å². The molecule has 0 radical (unpaired) electrons. The van der Waals surface area contributed by atoms with Gasteiger partial charge >= 0.3 is 0 Å². The molecule has 2 unspecified atom stereocenters. The summed E-state index contributed by atoms with van der Waals surface area (Å²) in [7, 11) is 1.84. The molecular weight excluding hydrogens is 212 g/mol. The Balaban J connectivity index is 1.96. The standard InChI is InChI=1S/C14H20N2O/c1-3-6-10-9-13(10)16-14(17)11-7-4-5-8-12(11)15-2/h4-5,7-8,10,13,15H,3,6,9H2,1-2H3,(H,16,17). The zero-order valence-electron chi connectivity index (χ0n) is 10.5. The number of para-hydroxylation sites is 1. The van der Waals surface area contributed by atoms with Crippen molar-refractivity contribution in [3.63, 3.8) is 0 Å². The number of amides is 1. The van der Waals surface area contributed by atoms with Gasteiger partial charge in [-0.15, -0.1) is 0 Å². The largest absolute Gasteiger partial charge is 0.387 e. The van der Waals surface area contributed by atoms with E-state index in [1.165, 1.54) is 12.8 Å². The lowest BCUT2D eigenvalue weighted by molar-refractivity contribution is 0.0949. The van der Waals surface area contributed by atoms with Gasteiger partial charge in [-0.25, -0.2) is 0 Å². The highest BCUT2D eigenvalue weighted by molar-refractivity contribution is 5.99. The van der Waals surface area contributed by atoms with Gasteiger partial charge in [-0.05, 0) is 30.9 Å². The van der Waals surface area contributed by atoms with Crippen LogP contribution in [0.15, 0.2) is 24.3 Å². The average Bonchev–Trinajstić information content (AvgIpc) is 3.07. The van der Waals surface area contributed by atoms with E-state index in [0.717, 1.165) is 17.7 Å². The highest BCUT2D eigenvalue weighted by atomic mass is 16.1. The lowest BCUT2D eigenvalue weighted by Crippen LogP contribution is -2.27. The van der Waals surface area contributed by atoms with Crippen molar-refractivity contribution in [3.05, 3.63) is 29.8 Å². The molecule has 0 aliphatic heterocycles. The SMILES string of the molecule is CCCC1CC1NC(=O)c1ccccc1NC. The molecule has 0 heterocycles. The summed E-state index contributed by atoms with van der Waals surface area (Å²) in [6, 6.07) is 8.00. The first-order valence-corrected chi connectivity index (χ1v) is 6.34. The van der Waals surface area contributed by atoms with Gasteiger partial charge < -0.3 is 10.6 Å². The third kappa shape index (κ3) is 2.78. The summed E-state index contributed by atoms with van der Waals surface area (Å²) in [4.78, 5) is 12.1. The maximum absolute atomic E-state index is 12.1. The number of carbonyl (C=O) groups excluding carboxylic acids is 1. The monoisotopic (exact) mass is 232 g/mol. The van der Waals surface area contributed by atoms with Crippen LogP contribution in [0.4, 0.5) is 5.69 Å². The van der Waals surface area contributed by atoms with Crippen LogP contribution >= 0.6 is 0 Å². The molecule has 0 bridgehead atoms. The fraction of sp³-hybridized carbons (Fsp3) is 0.500. The van der Waals surface area contributed by atoms with Gasteiger partial charge in [-0.3, -0.25) is 4.79 Å². The molecule has 3 heteroatoms. The quantitative estimate of drug-likeness (QED) is 0.819. The maximum atomic E-state index is 12.1. The second kappa shape index (κ2) is 5.21. The van der Waals surface area contributed by atoms with Gasteiger partial charge in [0.15, 0.2) is 0 Å². The first-order valence-electron chi connectivity index (χ1n) is 6.34. The Kier molecular flexibility index (Phi) is 3.67. The van der Waals surface area contributed by atoms with E-state index >= 15 is 0 Å². The normalized spacial score (nSPS) is 22.0. The predicted molar refractivity (Wildman–Crippen MR) is 70.3 cm³/mol. The van der Waals surface area contributed by atoms with Crippen LogP contribution in [0, 0.1) is 5.92 Å². The molecule has 1 aromatic carbocycles. The van der Waals surface area contributed by atoms with Crippen LogP contribution in [0.2, 0.25) is 0 Å². The fourth-order valence-corrected chi connectivity index (χ4v) is 2.26. The minimum absolute atomic E-state index is 0.0403. The van der Waals surface area contributed by atoms with Crippen LogP contribution in [0.3, 0.4) is 0 Å². The third-order valence-electron chi connectivity index (χ3n) is 3.34. The molecule has 1 fully saturated rings. The van der Waals surface area contributed by atoms with E-state index in [1.807, 2.05) is 31.3 Å². The number of rotatable bonds is 5. The van der Waals surface area contributed by atoms with Crippen molar-refractivity contribution in [2.24, 2.45) is 5.92 Å². The lowest BCUT2D eigenvalue weighted by Gasteiger charge is -2.09. The molecule has 2 rings (SSSR count). The van der Waals surface area contributed by atoms with E-state index in [-0.39, 0.29) is 5.91 Å². The maximum Gasteiger partial charge on any atom is 0.253 e. The van der Waals surface area contributed by atoms with Crippen molar-refractivity contribution in [3.8, 4) is 0 Å². The minimum Gasteiger partial charge on any atom is -0.387 e. The zero-order valence-corrected chi connectivity index (χ0v) is 10.5. The van der Waals surface area contributed by atoms with E-state index in [9.17, 15) is 4.79 Å². The Hall–Kier alpha value is -1.51. The molecule has 2 N–H and O–H groups in total. The number of hydrogen-bond acceptors (Lipinski definition) is 2. The van der Waals surface area contributed by atoms with Crippen LogP contribution in [0.1, 0.15) is 36.5 Å². The van der Waals surface area contributed by atoms with Crippen molar-refractivity contribution in [2.45, 2.75) is 32.2 Å². The Morgan fingerprint density at radius 1 is 1.41 bits per heavy atom. The van der Waals surface area contributed by atoms with E-state index < -0.39 is 0 Å². The predicted octanol–water partition coefficient (Wildman–Crippen LogP) is 2.65. The van der Waals surface area contributed by atoms with E-state index in [2.05, 4.69) is 17.6 Å². The molecule has 0 saturated heterocycles. The van der Waals surface area contributed by atoms with Crippen molar-refractivity contribution in [1.29, 1.82) is 0 Å². The Bertz CT molecular complexity index is 403. The molecule has 1 saturated carbocycles. The molecule has 17 heavy (non-hydrogen) atoms. The molecule has 1 aromatic rings. The van der Waals surface area contributed by atoms with Gasteiger partial charge in [0.2, 0.25) is 0 Å². The van der Waals surface area contributed by atoms with Gasteiger partial charge in [-0.2, -0.15) is 0 Å². The Labute approximate surface area is 103 Å². The van der Waals surface area contributed by atoms with Gasteiger partial charge in [0.1, 0.15) is 0 Å². The second-order valence-corrected chi connectivity index (χ2v) is 4.66. The topological polar surface area (TPSA) is 41.1 Å². The number of hydrogen-bond donors (Lipinski definition) is 2. The van der Waals surface area contributed by atoms with Gasteiger partial charge in [-0.1, -0.05) is 25.5 Å². The minimum atomic E-state index is 0.0403.